The van der Waals surface area contributed by atoms with Crippen LogP contribution in [0.1, 0.15) is 0 Å². The molecule has 0 aliphatic carbocycles. The van der Waals surface area contributed by atoms with Crippen molar-refractivity contribution in [2.45, 2.75) is 6.54 Å². The summed E-state index contributed by atoms with van der Waals surface area (Å²) in [6.07, 6.45) is 0. The number of ether oxygens (including phenoxy) is 2. The van der Waals surface area contributed by atoms with E-state index < -0.39 is 17.2 Å². The van der Waals surface area contributed by atoms with Gasteiger partial charge in [-0.2, -0.15) is 0 Å². The smallest absolute Gasteiger partial charge is 0.336 e. The molecule has 4 aromatic rings. The number of anilines is 1. The number of carbonyl (C=O) groups excluding carboxylic acids is 1. The maximum atomic E-state index is 13.4. The van der Waals surface area contributed by atoms with Crippen LogP contribution >= 0.6 is 34.5 Å². The summed E-state index contributed by atoms with van der Waals surface area (Å²) in [7, 11) is 2.93. The van der Waals surface area contributed by atoms with E-state index in [9.17, 15) is 14.4 Å². The van der Waals surface area contributed by atoms with Crippen LogP contribution in [-0.4, -0.2) is 29.3 Å². The molecule has 170 valence electrons. The number of aromatic nitrogens is 2. The molecule has 11 heteroatoms. The van der Waals surface area contributed by atoms with Crippen molar-refractivity contribution in [2.75, 3.05) is 19.5 Å². The van der Waals surface area contributed by atoms with Gasteiger partial charge in [-0.1, -0.05) is 23.2 Å². The fourth-order valence-electron chi connectivity index (χ4n) is 3.32. The fourth-order valence-corrected chi connectivity index (χ4v) is 4.48. The van der Waals surface area contributed by atoms with Gasteiger partial charge < -0.3 is 14.8 Å². The number of halogens is 2. The second-order valence-corrected chi connectivity index (χ2v) is 8.65. The van der Waals surface area contributed by atoms with E-state index in [1.807, 2.05) is 0 Å². The lowest BCUT2D eigenvalue weighted by molar-refractivity contribution is -0.116. The van der Waals surface area contributed by atoms with Gasteiger partial charge in [-0.15, -0.1) is 11.3 Å². The lowest BCUT2D eigenvalue weighted by atomic mass is 10.2. The predicted molar refractivity (Wildman–Crippen MR) is 130 cm³/mol. The van der Waals surface area contributed by atoms with Crippen LogP contribution in [0.3, 0.4) is 0 Å². The molecule has 0 aliphatic heterocycles. The largest absolute Gasteiger partial charge is 0.497 e. The van der Waals surface area contributed by atoms with Crippen LogP contribution in [0.2, 0.25) is 10.0 Å². The first kappa shape index (κ1) is 22.9. The summed E-state index contributed by atoms with van der Waals surface area (Å²) >= 11 is 13.3. The first-order chi connectivity index (χ1) is 15.8. The lowest BCUT2D eigenvalue weighted by Gasteiger charge is -2.14. The Balaban J connectivity index is 1.83. The van der Waals surface area contributed by atoms with Crippen LogP contribution in [0, 0.1) is 0 Å². The van der Waals surface area contributed by atoms with Crippen LogP contribution in [0.15, 0.2) is 57.4 Å². The molecule has 0 atom stereocenters. The molecule has 2 heterocycles. The highest BCUT2D eigenvalue weighted by molar-refractivity contribution is 7.17. The molecule has 0 bridgehead atoms. The van der Waals surface area contributed by atoms with Crippen LogP contribution in [0.4, 0.5) is 5.69 Å². The van der Waals surface area contributed by atoms with E-state index in [0.29, 0.717) is 37.4 Å². The lowest BCUT2D eigenvalue weighted by Crippen LogP contribution is -2.40. The molecule has 1 amide bonds. The minimum Gasteiger partial charge on any atom is -0.497 e. The summed E-state index contributed by atoms with van der Waals surface area (Å²) < 4.78 is 13.1. The molecule has 0 spiro atoms. The van der Waals surface area contributed by atoms with Gasteiger partial charge in [0.15, 0.2) is 0 Å². The number of hydrogen-bond acceptors (Lipinski definition) is 6. The Labute approximate surface area is 201 Å². The van der Waals surface area contributed by atoms with Crippen molar-refractivity contribution >= 4 is 56.3 Å². The summed E-state index contributed by atoms with van der Waals surface area (Å²) in [5.74, 6) is 0.297. The van der Waals surface area contributed by atoms with Crippen molar-refractivity contribution in [1.29, 1.82) is 0 Å². The van der Waals surface area contributed by atoms with Gasteiger partial charge in [0.1, 0.15) is 22.7 Å². The monoisotopic (exact) mass is 505 g/mol. The van der Waals surface area contributed by atoms with Crippen molar-refractivity contribution in [1.82, 2.24) is 9.13 Å². The molecule has 0 fully saturated rings. The van der Waals surface area contributed by atoms with Gasteiger partial charge in [0.05, 0.1) is 36.1 Å². The normalized spacial score (nSPS) is 10.9. The van der Waals surface area contributed by atoms with Crippen molar-refractivity contribution in [3.63, 3.8) is 0 Å². The number of rotatable bonds is 6. The first-order valence-corrected chi connectivity index (χ1v) is 11.2. The number of hydrogen-bond donors (Lipinski definition) is 1. The van der Waals surface area contributed by atoms with Crippen molar-refractivity contribution < 1.29 is 14.3 Å². The number of fused-ring (bicyclic) bond motifs is 1. The first-order valence-electron chi connectivity index (χ1n) is 9.53. The third kappa shape index (κ3) is 4.47. The fraction of sp³-hybridized carbons (Fsp3) is 0.136. The predicted octanol–water partition coefficient (Wildman–Crippen LogP) is 4.18. The second-order valence-electron chi connectivity index (χ2n) is 6.89. The molecular weight excluding hydrogens is 489 g/mol. The van der Waals surface area contributed by atoms with Gasteiger partial charge in [-0.3, -0.25) is 14.2 Å². The standard InChI is InChI=1S/C22H17Cl2N3O5S/c1-31-14-8-13(9-15(10-14)32-2)27-21(29)20-18(5-6-33-20)26(22(27)30)11-19(28)25-17-7-12(23)3-4-16(17)24/h3-10H,11H2,1-2H3,(H,25,28). The molecule has 8 nitrogen and oxygen atoms in total. The van der Waals surface area contributed by atoms with Gasteiger partial charge in [0.2, 0.25) is 5.91 Å². The maximum absolute atomic E-state index is 13.4. The molecule has 33 heavy (non-hydrogen) atoms. The summed E-state index contributed by atoms with van der Waals surface area (Å²) in [4.78, 5) is 39.4. The Morgan fingerprint density at radius 1 is 1.03 bits per heavy atom. The van der Waals surface area contributed by atoms with Crippen LogP contribution in [0.5, 0.6) is 11.5 Å². The number of carbonyl (C=O) groups is 1. The number of nitrogens with zero attached hydrogens (tertiary/aromatic N) is 2. The Hall–Kier alpha value is -3.27. The third-order valence-corrected chi connectivity index (χ3v) is 6.31. The zero-order valence-electron chi connectivity index (χ0n) is 17.4. The van der Waals surface area contributed by atoms with E-state index in [4.69, 9.17) is 32.7 Å². The molecular formula is C22H17Cl2N3O5S. The molecule has 2 aromatic carbocycles. The summed E-state index contributed by atoms with van der Waals surface area (Å²) in [5, 5.41) is 5.04. The zero-order valence-corrected chi connectivity index (χ0v) is 19.8. The molecule has 1 N–H and O–H groups in total. The molecule has 0 radical (unpaired) electrons. The number of benzene rings is 2. The molecule has 2 aromatic heterocycles. The van der Waals surface area contributed by atoms with Crippen molar-refractivity contribution in [3.05, 3.63) is 78.7 Å². The SMILES string of the molecule is COc1cc(OC)cc(-n2c(=O)c3sccc3n(CC(=O)Nc3cc(Cl)ccc3Cl)c2=O)c1. The highest BCUT2D eigenvalue weighted by Crippen LogP contribution is 2.26. The third-order valence-electron chi connectivity index (χ3n) is 4.85. The van der Waals surface area contributed by atoms with Crippen LogP contribution in [-0.2, 0) is 11.3 Å². The maximum Gasteiger partial charge on any atom is 0.336 e. The van der Waals surface area contributed by atoms with E-state index in [0.717, 1.165) is 4.57 Å². The molecule has 0 saturated heterocycles. The Morgan fingerprint density at radius 3 is 2.39 bits per heavy atom. The van der Waals surface area contributed by atoms with E-state index in [1.165, 1.54) is 36.2 Å². The van der Waals surface area contributed by atoms with E-state index in [1.54, 1.807) is 41.8 Å². The molecule has 0 unspecified atom stereocenters. The van der Waals surface area contributed by atoms with Gasteiger partial charge in [0.25, 0.3) is 5.56 Å². The summed E-state index contributed by atoms with van der Waals surface area (Å²) in [5.41, 5.74) is -0.268. The van der Waals surface area contributed by atoms with E-state index in [-0.39, 0.29) is 12.2 Å². The quantitative estimate of drug-likeness (QED) is 0.424. The van der Waals surface area contributed by atoms with Crippen molar-refractivity contribution in [3.8, 4) is 17.2 Å². The van der Waals surface area contributed by atoms with Crippen LogP contribution < -0.4 is 26.0 Å². The Kier molecular flexibility index (Phi) is 6.46. The number of thiophene rings is 1. The molecule has 0 aliphatic rings. The average Bonchev–Trinajstić information content (AvgIpc) is 3.29. The van der Waals surface area contributed by atoms with Crippen LogP contribution in [0.25, 0.3) is 15.9 Å². The van der Waals surface area contributed by atoms with E-state index in [2.05, 4.69) is 5.32 Å². The Bertz CT molecular complexity index is 1470. The topological polar surface area (TPSA) is 91.6 Å². The number of nitrogens with one attached hydrogen (secondary N) is 1. The molecule has 4 rings (SSSR count). The average molecular weight is 506 g/mol. The van der Waals surface area contributed by atoms with Gasteiger partial charge in [-0.05, 0) is 29.6 Å². The number of amides is 1. The van der Waals surface area contributed by atoms with Crippen molar-refractivity contribution in [2.24, 2.45) is 0 Å². The second kappa shape index (κ2) is 9.30. The minimum absolute atomic E-state index is 0.253. The minimum atomic E-state index is -0.687. The summed E-state index contributed by atoms with van der Waals surface area (Å²) in [6.45, 7) is -0.351. The highest BCUT2D eigenvalue weighted by Gasteiger charge is 2.19. The summed E-state index contributed by atoms with van der Waals surface area (Å²) in [6, 6.07) is 11.0. The van der Waals surface area contributed by atoms with Gasteiger partial charge >= 0.3 is 5.69 Å². The van der Waals surface area contributed by atoms with Gasteiger partial charge in [-0.25, -0.2) is 9.36 Å². The molecule has 0 saturated carbocycles. The van der Waals surface area contributed by atoms with E-state index >= 15 is 0 Å². The van der Waals surface area contributed by atoms with Gasteiger partial charge in [0, 0.05) is 23.2 Å². The number of methoxy groups -OCH3 is 2. The highest BCUT2D eigenvalue weighted by atomic mass is 35.5. The zero-order chi connectivity index (χ0) is 23.7. The Morgan fingerprint density at radius 2 is 1.73 bits per heavy atom.